The maximum absolute atomic E-state index is 12.4. The molecule has 30 heavy (non-hydrogen) atoms. The van der Waals surface area contributed by atoms with Crippen LogP contribution in [0.3, 0.4) is 0 Å². The van der Waals surface area contributed by atoms with Gasteiger partial charge in [-0.05, 0) is 58.9 Å². The zero-order chi connectivity index (χ0) is 22.5. The molecular weight excluding hydrogens is 412 g/mol. The maximum Gasteiger partial charge on any atom is 0.410 e. The Bertz CT molecular complexity index is 878. The van der Waals surface area contributed by atoms with Crippen molar-refractivity contribution < 1.29 is 32.2 Å². The number of nitrogens with one attached hydrogen (secondary N) is 1. The molecule has 0 saturated carbocycles. The fourth-order valence-electron chi connectivity index (χ4n) is 3.09. The Hall–Kier alpha value is -2.33. The SMILES string of the molecule is CNS(=O)(=O)c1cc(C(=O)OC)ccc1OCC1CCCN(C(=O)OC(C)(C)C)C1. The van der Waals surface area contributed by atoms with Gasteiger partial charge in [0.1, 0.15) is 16.2 Å². The van der Waals surface area contributed by atoms with Crippen LogP contribution in [0.5, 0.6) is 5.75 Å². The summed E-state index contributed by atoms with van der Waals surface area (Å²) in [5.41, 5.74) is -0.467. The van der Waals surface area contributed by atoms with Crippen molar-refractivity contribution in [2.45, 2.75) is 44.1 Å². The van der Waals surface area contributed by atoms with Gasteiger partial charge in [0.05, 0.1) is 19.3 Å². The molecule has 2 rings (SSSR count). The minimum atomic E-state index is -3.86. The summed E-state index contributed by atoms with van der Waals surface area (Å²) in [6.07, 6.45) is 1.28. The fraction of sp³-hybridized carbons (Fsp3) is 0.600. The van der Waals surface area contributed by atoms with Gasteiger partial charge in [-0.15, -0.1) is 0 Å². The molecule has 168 valence electrons. The van der Waals surface area contributed by atoms with Gasteiger partial charge >= 0.3 is 12.1 Å². The number of hydrogen-bond acceptors (Lipinski definition) is 7. The van der Waals surface area contributed by atoms with Gasteiger partial charge < -0.3 is 19.1 Å². The Morgan fingerprint density at radius 2 is 1.97 bits per heavy atom. The lowest BCUT2D eigenvalue weighted by molar-refractivity contribution is 0.0138. The molecule has 1 fully saturated rings. The lowest BCUT2D eigenvalue weighted by Gasteiger charge is -2.34. The second-order valence-electron chi connectivity index (χ2n) is 8.11. The molecule has 1 aromatic carbocycles. The molecule has 9 nitrogen and oxygen atoms in total. The number of carbonyl (C=O) groups is 2. The van der Waals surface area contributed by atoms with E-state index >= 15 is 0 Å². The van der Waals surface area contributed by atoms with Crippen LogP contribution >= 0.6 is 0 Å². The normalized spacial score (nSPS) is 17.4. The molecular formula is C20H30N2O7S. The lowest BCUT2D eigenvalue weighted by atomic mass is 9.99. The topological polar surface area (TPSA) is 111 Å². The smallest absolute Gasteiger partial charge is 0.410 e. The summed E-state index contributed by atoms with van der Waals surface area (Å²) in [5, 5.41) is 0. The number of sulfonamides is 1. The molecule has 1 aliphatic rings. The standard InChI is InChI=1S/C20H30N2O7S/c1-20(2,3)29-19(24)22-10-6-7-14(12-22)13-28-16-9-8-15(18(23)27-5)11-17(16)30(25,26)21-4/h8-9,11,14,21H,6-7,10,12-13H2,1-5H3. The van der Waals surface area contributed by atoms with Gasteiger partial charge in [-0.2, -0.15) is 0 Å². The zero-order valence-corrected chi connectivity index (χ0v) is 18.9. The highest BCUT2D eigenvalue weighted by atomic mass is 32.2. The van der Waals surface area contributed by atoms with Crippen LogP contribution in [-0.2, 0) is 19.5 Å². The first-order valence-corrected chi connectivity index (χ1v) is 11.2. The van der Waals surface area contributed by atoms with Crippen molar-refractivity contribution in [2.75, 3.05) is 33.9 Å². The van der Waals surface area contributed by atoms with Crippen LogP contribution in [0.1, 0.15) is 44.0 Å². The van der Waals surface area contributed by atoms with Gasteiger partial charge in [0, 0.05) is 19.0 Å². The molecule has 10 heteroatoms. The third-order valence-corrected chi connectivity index (χ3v) is 6.00. The van der Waals surface area contributed by atoms with Crippen molar-refractivity contribution in [3.8, 4) is 5.75 Å². The summed E-state index contributed by atoms with van der Waals surface area (Å²) in [4.78, 5) is 25.6. The number of amides is 1. The summed E-state index contributed by atoms with van der Waals surface area (Å²) < 4.78 is 42.9. The molecule has 0 radical (unpaired) electrons. The number of ether oxygens (including phenoxy) is 3. The number of piperidine rings is 1. The predicted molar refractivity (Wildman–Crippen MR) is 110 cm³/mol. The van der Waals surface area contributed by atoms with E-state index in [9.17, 15) is 18.0 Å². The van der Waals surface area contributed by atoms with E-state index in [1.807, 2.05) is 20.8 Å². The van der Waals surface area contributed by atoms with Gasteiger partial charge in [-0.3, -0.25) is 0 Å². The van der Waals surface area contributed by atoms with E-state index < -0.39 is 21.6 Å². The number of nitrogens with zero attached hydrogens (tertiary/aromatic N) is 1. The number of carbonyl (C=O) groups excluding carboxylic acids is 2. The van der Waals surface area contributed by atoms with Crippen LogP contribution in [0, 0.1) is 5.92 Å². The molecule has 0 aliphatic carbocycles. The molecule has 0 bridgehead atoms. The van der Waals surface area contributed by atoms with Crippen LogP contribution in [0.25, 0.3) is 0 Å². The quantitative estimate of drug-likeness (QED) is 0.674. The molecule has 1 N–H and O–H groups in total. The highest BCUT2D eigenvalue weighted by molar-refractivity contribution is 7.89. The number of esters is 1. The van der Waals surface area contributed by atoms with Crippen molar-refractivity contribution >= 4 is 22.1 Å². The van der Waals surface area contributed by atoms with E-state index in [0.717, 1.165) is 12.8 Å². The van der Waals surface area contributed by atoms with Crippen molar-refractivity contribution in [1.82, 2.24) is 9.62 Å². The minimum Gasteiger partial charge on any atom is -0.492 e. The number of methoxy groups -OCH3 is 1. The Morgan fingerprint density at radius 1 is 1.27 bits per heavy atom. The van der Waals surface area contributed by atoms with Crippen LogP contribution in [0.2, 0.25) is 0 Å². The molecule has 1 atom stereocenters. The summed E-state index contributed by atoms with van der Waals surface area (Å²) in [6, 6.07) is 4.11. The van der Waals surface area contributed by atoms with Crippen LogP contribution in [0.4, 0.5) is 4.79 Å². The zero-order valence-electron chi connectivity index (χ0n) is 18.1. The molecule has 1 amide bonds. The summed E-state index contributed by atoms with van der Waals surface area (Å²) >= 11 is 0. The second kappa shape index (κ2) is 9.65. The van der Waals surface area contributed by atoms with Crippen LogP contribution in [0.15, 0.2) is 23.1 Å². The van der Waals surface area contributed by atoms with Crippen LogP contribution in [-0.4, -0.2) is 64.8 Å². The number of likely N-dealkylation sites (tertiary alicyclic amines) is 1. The fourth-order valence-corrected chi connectivity index (χ4v) is 3.99. The highest BCUT2D eigenvalue weighted by Crippen LogP contribution is 2.27. The second-order valence-corrected chi connectivity index (χ2v) is 9.96. The number of benzene rings is 1. The molecule has 1 heterocycles. The summed E-state index contributed by atoms with van der Waals surface area (Å²) in [6.45, 7) is 6.75. The molecule has 0 spiro atoms. The third-order valence-electron chi connectivity index (χ3n) is 4.57. The first-order valence-electron chi connectivity index (χ1n) is 9.73. The number of rotatable bonds is 6. The first kappa shape index (κ1) is 23.9. The highest BCUT2D eigenvalue weighted by Gasteiger charge is 2.28. The Labute approximate surface area is 177 Å². The van der Waals surface area contributed by atoms with Gasteiger partial charge in [-0.1, -0.05) is 0 Å². The van der Waals surface area contributed by atoms with E-state index in [1.54, 1.807) is 4.90 Å². The summed E-state index contributed by atoms with van der Waals surface area (Å²) in [7, 11) is -1.36. The Morgan fingerprint density at radius 3 is 2.57 bits per heavy atom. The van der Waals surface area contributed by atoms with E-state index in [4.69, 9.17) is 9.47 Å². The minimum absolute atomic E-state index is 0.0247. The molecule has 1 unspecified atom stereocenters. The predicted octanol–water partition coefficient (Wildman–Crippen LogP) is 2.41. The largest absolute Gasteiger partial charge is 0.492 e. The van der Waals surface area contributed by atoms with E-state index in [1.165, 1.54) is 32.4 Å². The van der Waals surface area contributed by atoms with Gasteiger partial charge in [0.2, 0.25) is 10.0 Å². The number of hydrogen-bond donors (Lipinski definition) is 1. The van der Waals surface area contributed by atoms with Crippen molar-refractivity contribution in [2.24, 2.45) is 5.92 Å². The Kier molecular flexibility index (Phi) is 7.70. The Balaban J connectivity index is 2.12. The molecule has 0 aromatic heterocycles. The molecule has 1 aromatic rings. The first-order chi connectivity index (χ1) is 14.0. The van der Waals surface area contributed by atoms with Crippen molar-refractivity contribution in [3.63, 3.8) is 0 Å². The van der Waals surface area contributed by atoms with Crippen molar-refractivity contribution in [3.05, 3.63) is 23.8 Å². The third kappa shape index (κ3) is 6.33. The van der Waals surface area contributed by atoms with Crippen LogP contribution < -0.4 is 9.46 Å². The molecule has 1 saturated heterocycles. The van der Waals surface area contributed by atoms with Gasteiger partial charge in [0.25, 0.3) is 0 Å². The van der Waals surface area contributed by atoms with E-state index in [2.05, 4.69) is 9.46 Å². The van der Waals surface area contributed by atoms with E-state index in [0.29, 0.717) is 13.1 Å². The van der Waals surface area contributed by atoms with Gasteiger partial charge in [-0.25, -0.2) is 22.7 Å². The van der Waals surface area contributed by atoms with Gasteiger partial charge in [0.15, 0.2) is 0 Å². The average molecular weight is 443 g/mol. The average Bonchev–Trinajstić information content (AvgIpc) is 2.70. The monoisotopic (exact) mass is 442 g/mol. The summed E-state index contributed by atoms with van der Waals surface area (Å²) in [5.74, 6) is -0.488. The maximum atomic E-state index is 12.4. The molecule has 1 aliphatic heterocycles. The van der Waals surface area contributed by atoms with Crippen molar-refractivity contribution in [1.29, 1.82) is 0 Å². The lowest BCUT2D eigenvalue weighted by Crippen LogP contribution is -2.44. The van der Waals surface area contributed by atoms with E-state index in [-0.39, 0.29) is 34.8 Å².